The van der Waals surface area contributed by atoms with E-state index >= 15 is 0 Å². The molecule has 5 rings (SSSR count). The molecule has 2 aromatic carbocycles. The van der Waals surface area contributed by atoms with E-state index in [9.17, 15) is 9.59 Å². The number of aromatic nitrogens is 4. The molecule has 0 N–H and O–H groups in total. The van der Waals surface area contributed by atoms with Gasteiger partial charge in [-0.15, -0.1) is 0 Å². The van der Waals surface area contributed by atoms with Crippen LogP contribution in [0.25, 0.3) is 11.2 Å². The van der Waals surface area contributed by atoms with Crippen LogP contribution in [0.1, 0.15) is 49.6 Å². The zero-order chi connectivity index (χ0) is 24.5. The standard InChI is InChI=1S/C27H31N5O3/c1-19(32-18-28-25-23(32)26(33)30(3)27(34)29(25)2)31-17-11-10-16-22(31)35-24(20-12-6-4-7-13-20)21-14-8-5-9-15-21/h4-9,12-15,18-19,22,24H,10-11,16-17H2,1-3H3. The lowest BCUT2D eigenvalue weighted by Gasteiger charge is -2.41. The molecule has 0 bridgehead atoms. The molecule has 0 saturated carbocycles. The van der Waals surface area contributed by atoms with Gasteiger partial charge in [0.15, 0.2) is 11.2 Å². The minimum Gasteiger partial charge on any atom is -0.350 e. The minimum atomic E-state index is -0.381. The predicted molar refractivity (Wildman–Crippen MR) is 135 cm³/mol. The van der Waals surface area contributed by atoms with Crippen LogP contribution in [0.15, 0.2) is 76.6 Å². The maximum Gasteiger partial charge on any atom is 0.332 e. The summed E-state index contributed by atoms with van der Waals surface area (Å²) in [5.41, 5.74) is 2.31. The van der Waals surface area contributed by atoms with Gasteiger partial charge < -0.3 is 9.30 Å². The van der Waals surface area contributed by atoms with Crippen LogP contribution in [0.4, 0.5) is 0 Å². The van der Waals surface area contributed by atoms with Crippen molar-refractivity contribution in [2.24, 2.45) is 14.1 Å². The summed E-state index contributed by atoms with van der Waals surface area (Å²) in [5.74, 6) is 0. The van der Waals surface area contributed by atoms with Crippen LogP contribution in [0, 0.1) is 0 Å². The summed E-state index contributed by atoms with van der Waals surface area (Å²) in [5, 5.41) is 0. The van der Waals surface area contributed by atoms with Gasteiger partial charge >= 0.3 is 5.69 Å². The van der Waals surface area contributed by atoms with Crippen LogP contribution in [0.2, 0.25) is 0 Å². The van der Waals surface area contributed by atoms with Gasteiger partial charge in [-0.25, -0.2) is 9.78 Å². The second kappa shape index (κ2) is 9.64. The molecule has 0 spiro atoms. The summed E-state index contributed by atoms with van der Waals surface area (Å²) in [7, 11) is 3.15. The molecule has 35 heavy (non-hydrogen) atoms. The van der Waals surface area contributed by atoms with Crippen molar-refractivity contribution in [3.63, 3.8) is 0 Å². The average Bonchev–Trinajstić information content (AvgIpc) is 3.35. The molecule has 3 heterocycles. The van der Waals surface area contributed by atoms with E-state index in [2.05, 4.69) is 41.1 Å². The average molecular weight is 474 g/mol. The summed E-state index contributed by atoms with van der Waals surface area (Å²) in [6, 6.07) is 20.6. The van der Waals surface area contributed by atoms with Crippen LogP contribution >= 0.6 is 0 Å². The van der Waals surface area contributed by atoms with Crippen LogP contribution in [0.5, 0.6) is 0 Å². The van der Waals surface area contributed by atoms with E-state index < -0.39 is 0 Å². The zero-order valence-electron chi connectivity index (χ0n) is 20.4. The fraction of sp³-hybridized carbons (Fsp3) is 0.370. The summed E-state index contributed by atoms with van der Waals surface area (Å²) >= 11 is 0. The number of aryl methyl sites for hydroxylation is 1. The van der Waals surface area contributed by atoms with Gasteiger partial charge in [0.1, 0.15) is 12.3 Å². The van der Waals surface area contributed by atoms with Crippen LogP contribution in [-0.4, -0.2) is 36.4 Å². The van der Waals surface area contributed by atoms with Crippen molar-refractivity contribution in [1.29, 1.82) is 0 Å². The number of likely N-dealkylation sites (tertiary alicyclic amines) is 1. The maximum atomic E-state index is 13.0. The number of imidazole rings is 1. The van der Waals surface area contributed by atoms with Crippen molar-refractivity contribution in [3.8, 4) is 0 Å². The molecule has 0 radical (unpaired) electrons. The highest BCUT2D eigenvalue weighted by atomic mass is 16.5. The van der Waals surface area contributed by atoms with Crippen molar-refractivity contribution in [3.05, 3.63) is 99.0 Å². The molecule has 1 aliphatic heterocycles. The quantitative estimate of drug-likeness (QED) is 0.428. The number of piperidine rings is 1. The molecule has 182 valence electrons. The fourth-order valence-corrected chi connectivity index (χ4v) is 5.07. The first-order valence-corrected chi connectivity index (χ1v) is 12.1. The Labute approximate surface area is 204 Å². The fourth-order valence-electron chi connectivity index (χ4n) is 5.07. The third-order valence-corrected chi connectivity index (χ3v) is 7.04. The molecule has 0 amide bonds. The number of hydrogen-bond donors (Lipinski definition) is 0. The Kier molecular flexibility index (Phi) is 6.40. The summed E-state index contributed by atoms with van der Waals surface area (Å²) in [6.45, 7) is 2.90. The Morgan fingerprint density at radius 1 is 0.914 bits per heavy atom. The predicted octanol–water partition coefficient (Wildman–Crippen LogP) is 3.57. The van der Waals surface area contributed by atoms with Crippen LogP contribution in [-0.2, 0) is 18.8 Å². The molecule has 1 aliphatic rings. The lowest BCUT2D eigenvalue weighted by Crippen LogP contribution is -2.45. The smallest absolute Gasteiger partial charge is 0.332 e. The Hall–Kier alpha value is -3.49. The third-order valence-electron chi connectivity index (χ3n) is 7.04. The first-order chi connectivity index (χ1) is 17.0. The Morgan fingerprint density at radius 3 is 2.17 bits per heavy atom. The molecule has 1 fully saturated rings. The van der Waals surface area contributed by atoms with Crippen LogP contribution in [0.3, 0.4) is 0 Å². The van der Waals surface area contributed by atoms with E-state index in [4.69, 9.17) is 4.74 Å². The van der Waals surface area contributed by atoms with Crippen molar-refractivity contribution >= 4 is 11.2 Å². The van der Waals surface area contributed by atoms with Gasteiger partial charge in [0.2, 0.25) is 0 Å². The van der Waals surface area contributed by atoms with Crippen LogP contribution < -0.4 is 11.2 Å². The van der Waals surface area contributed by atoms with Gasteiger partial charge in [0.25, 0.3) is 5.56 Å². The highest BCUT2D eigenvalue weighted by Crippen LogP contribution is 2.33. The van der Waals surface area contributed by atoms with Gasteiger partial charge in [-0.2, -0.15) is 0 Å². The van der Waals surface area contributed by atoms with E-state index in [1.165, 1.54) is 11.6 Å². The zero-order valence-corrected chi connectivity index (χ0v) is 20.4. The van der Waals surface area contributed by atoms with Gasteiger partial charge in [-0.1, -0.05) is 60.7 Å². The number of rotatable bonds is 6. The maximum absolute atomic E-state index is 13.0. The summed E-state index contributed by atoms with van der Waals surface area (Å²) in [6.07, 6.45) is 4.15. The van der Waals surface area contributed by atoms with Crippen molar-refractivity contribution in [2.75, 3.05) is 6.54 Å². The lowest BCUT2D eigenvalue weighted by molar-refractivity contribution is -0.131. The molecule has 8 nitrogen and oxygen atoms in total. The monoisotopic (exact) mass is 473 g/mol. The second-order valence-corrected chi connectivity index (χ2v) is 9.19. The summed E-state index contributed by atoms with van der Waals surface area (Å²) < 4.78 is 11.3. The van der Waals surface area contributed by atoms with Crippen molar-refractivity contribution < 1.29 is 4.74 Å². The number of nitrogens with zero attached hydrogens (tertiary/aromatic N) is 5. The van der Waals surface area contributed by atoms with Crippen molar-refractivity contribution in [2.45, 2.75) is 44.7 Å². The molecule has 2 aromatic heterocycles. The minimum absolute atomic E-state index is 0.141. The van der Waals surface area contributed by atoms with E-state index in [0.29, 0.717) is 11.2 Å². The van der Waals surface area contributed by atoms with E-state index in [1.54, 1.807) is 13.4 Å². The first-order valence-electron chi connectivity index (χ1n) is 12.1. The Bertz CT molecular complexity index is 1380. The Morgan fingerprint density at radius 2 is 1.54 bits per heavy atom. The third kappa shape index (κ3) is 4.24. The molecular weight excluding hydrogens is 442 g/mol. The molecule has 2 atom stereocenters. The highest BCUT2D eigenvalue weighted by molar-refractivity contribution is 5.70. The molecule has 0 aliphatic carbocycles. The first kappa shape index (κ1) is 23.3. The SMILES string of the molecule is CC(N1CCCCC1OC(c1ccccc1)c1ccccc1)n1cnc2c1c(=O)n(C)c(=O)n2C. The largest absolute Gasteiger partial charge is 0.350 e. The summed E-state index contributed by atoms with van der Waals surface area (Å²) in [4.78, 5) is 32.1. The molecule has 1 saturated heterocycles. The topological polar surface area (TPSA) is 74.3 Å². The number of ether oxygens (including phenoxy) is 1. The lowest BCUT2D eigenvalue weighted by atomic mass is 10.0. The molecule has 2 unspecified atom stereocenters. The Balaban J connectivity index is 1.52. The van der Waals surface area contributed by atoms with Gasteiger partial charge in [0, 0.05) is 20.6 Å². The van der Waals surface area contributed by atoms with E-state index in [0.717, 1.165) is 41.5 Å². The van der Waals surface area contributed by atoms with E-state index in [1.807, 2.05) is 41.0 Å². The number of fused-ring (bicyclic) bond motifs is 1. The normalized spacial score (nSPS) is 17.8. The molecule has 4 aromatic rings. The number of hydrogen-bond acceptors (Lipinski definition) is 5. The van der Waals surface area contributed by atoms with Gasteiger partial charge in [-0.3, -0.25) is 18.8 Å². The second-order valence-electron chi connectivity index (χ2n) is 9.19. The molecule has 8 heteroatoms. The molecular formula is C27H31N5O3. The highest BCUT2D eigenvalue weighted by Gasteiger charge is 2.32. The van der Waals surface area contributed by atoms with Gasteiger partial charge in [0.05, 0.1) is 12.5 Å². The van der Waals surface area contributed by atoms with Gasteiger partial charge in [-0.05, 0) is 37.3 Å². The van der Waals surface area contributed by atoms with Crippen molar-refractivity contribution in [1.82, 2.24) is 23.6 Å². The number of benzene rings is 2. The van der Waals surface area contributed by atoms with E-state index in [-0.39, 0.29) is 29.7 Å².